The monoisotopic (exact) mass is 322 g/mol. The molecule has 5 nitrogen and oxygen atoms in total. The normalized spacial score (nSPS) is 11.4. The molecule has 0 bridgehead atoms. The van der Waals surface area contributed by atoms with Crippen molar-refractivity contribution in [1.82, 2.24) is 4.98 Å². The number of benzene rings is 1. The topological polar surface area (TPSA) is 79.3 Å². The Hall–Kier alpha value is -1.86. The highest BCUT2D eigenvalue weighted by Gasteiger charge is 2.08. The SMILES string of the molecule is CC(C)Sc1nc2ccc(NC(=O)/C=C\C(=O)O)cc2s1. The van der Waals surface area contributed by atoms with Crippen molar-refractivity contribution in [3.8, 4) is 0 Å². The zero-order valence-electron chi connectivity index (χ0n) is 11.5. The molecule has 21 heavy (non-hydrogen) atoms. The summed E-state index contributed by atoms with van der Waals surface area (Å²) >= 11 is 3.27. The van der Waals surface area contributed by atoms with Crippen molar-refractivity contribution in [2.45, 2.75) is 23.4 Å². The van der Waals surface area contributed by atoms with Gasteiger partial charge in [-0.05, 0) is 18.2 Å². The van der Waals surface area contributed by atoms with E-state index >= 15 is 0 Å². The molecule has 0 unspecified atom stereocenters. The molecule has 0 aliphatic heterocycles. The van der Waals surface area contributed by atoms with Crippen molar-refractivity contribution >= 4 is 50.9 Å². The second-order valence-electron chi connectivity index (χ2n) is 4.49. The number of nitrogens with one attached hydrogen (secondary N) is 1. The van der Waals surface area contributed by atoms with Crippen molar-refractivity contribution in [3.63, 3.8) is 0 Å². The van der Waals surface area contributed by atoms with E-state index in [9.17, 15) is 9.59 Å². The summed E-state index contributed by atoms with van der Waals surface area (Å²) in [6, 6.07) is 5.43. The molecule has 0 radical (unpaired) electrons. The van der Waals surface area contributed by atoms with E-state index in [0.29, 0.717) is 10.9 Å². The lowest BCUT2D eigenvalue weighted by atomic mass is 10.3. The molecule has 2 aromatic rings. The average molecular weight is 322 g/mol. The summed E-state index contributed by atoms with van der Waals surface area (Å²) in [7, 11) is 0. The number of aromatic nitrogens is 1. The summed E-state index contributed by atoms with van der Waals surface area (Å²) in [4.78, 5) is 26.4. The largest absolute Gasteiger partial charge is 0.478 e. The molecule has 110 valence electrons. The number of amides is 1. The van der Waals surface area contributed by atoms with Crippen molar-refractivity contribution in [2.24, 2.45) is 0 Å². The van der Waals surface area contributed by atoms with Crippen LogP contribution in [0.15, 0.2) is 34.7 Å². The molecule has 2 rings (SSSR count). The number of carboxylic acids is 1. The van der Waals surface area contributed by atoms with Crippen LogP contribution in [-0.2, 0) is 9.59 Å². The third kappa shape index (κ3) is 4.57. The first-order valence-electron chi connectivity index (χ1n) is 6.23. The summed E-state index contributed by atoms with van der Waals surface area (Å²) in [5, 5.41) is 11.6. The van der Waals surface area contributed by atoms with Crippen molar-refractivity contribution < 1.29 is 14.7 Å². The number of hydrogen-bond donors (Lipinski definition) is 2. The van der Waals surface area contributed by atoms with Gasteiger partial charge in [-0.15, -0.1) is 11.3 Å². The van der Waals surface area contributed by atoms with E-state index in [1.165, 1.54) is 0 Å². The van der Waals surface area contributed by atoms with Crippen LogP contribution in [0.3, 0.4) is 0 Å². The lowest BCUT2D eigenvalue weighted by Gasteiger charge is -2.00. The smallest absolute Gasteiger partial charge is 0.328 e. The third-order valence-electron chi connectivity index (χ3n) is 2.35. The highest BCUT2D eigenvalue weighted by Crippen LogP contribution is 2.33. The lowest BCUT2D eigenvalue weighted by Crippen LogP contribution is -2.08. The molecule has 0 aliphatic rings. The molecule has 0 saturated heterocycles. The van der Waals surface area contributed by atoms with E-state index in [1.54, 1.807) is 29.2 Å². The Balaban J connectivity index is 2.15. The van der Waals surface area contributed by atoms with Crippen LogP contribution in [0.4, 0.5) is 5.69 Å². The Morgan fingerprint density at radius 1 is 1.38 bits per heavy atom. The fourth-order valence-corrected chi connectivity index (χ4v) is 3.89. The molecule has 1 aromatic carbocycles. The van der Waals surface area contributed by atoms with Crippen LogP contribution >= 0.6 is 23.1 Å². The van der Waals surface area contributed by atoms with E-state index in [2.05, 4.69) is 24.1 Å². The molecule has 1 heterocycles. The predicted molar refractivity (Wildman–Crippen MR) is 86.0 cm³/mol. The minimum Gasteiger partial charge on any atom is -0.478 e. The number of thioether (sulfide) groups is 1. The number of carbonyl (C=O) groups is 2. The molecule has 0 saturated carbocycles. The van der Waals surface area contributed by atoms with Crippen LogP contribution in [0, 0.1) is 0 Å². The number of thiazole rings is 1. The fourth-order valence-electron chi connectivity index (χ4n) is 1.56. The van der Waals surface area contributed by atoms with E-state index in [-0.39, 0.29) is 0 Å². The van der Waals surface area contributed by atoms with Gasteiger partial charge in [-0.25, -0.2) is 9.78 Å². The van der Waals surface area contributed by atoms with Crippen LogP contribution in [0.1, 0.15) is 13.8 Å². The molecule has 1 amide bonds. The quantitative estimate of drug-likeness (QED) is 0.651. The second kappa shape index (κ2) is 6.73. The highest BCUT2D eigenvalue weighted by molar-refractivity contribution is 8.01. The average Bonchev–Trinajstić information content (AvgIpc) is 2.76. The van der Waals surface area contributed by atoms with Gasteiger partial charge in [-0.1, -0.05) is 25.6 Å². The van der Waals surface area contributed by atoms with Crippen LogP contribution < -0.4 is 5.32 Å². The van der Waals surface area contributed by atoms with Gasteiger partial charge in [-0.3, -0.25) is 4.79 Å². The molecular formula is C14H14N2O3S2. The van der Waals surface area contributed by atoms with Gasteiger partial charge in [0.1, 0.15) is 0 Å². The zero-order chi connectivity index (χ0) is 15.4. The van der Waals surface area contributed by atoms with Gasteiger partial charge in [0, 0.05) is 23.1 Å². The summed E-state index contributed by atoms with van der Waals surface area (Å²) in [6.07, 6.45) is 1.79. The molecule has 7 heteroatoms. The number of carbonyl (C=O) groups excluding carboxylic acids is 1. The van der Waals surface area contributed by atoms with Crippen LogP contribution in [0.5, 0.6) is 0 Å². The summed E-state index contributed by atoms with van der Waals surface area (Å²) in [5.41, 5.74) is 1.51. The Bertz CT molecular complexity index is 707. The molecule has 0 fully saturated rings. The van der Waals surface area contributed by atoms with Crippen LogP contribution in [-0.4, -0.2) is 27.2 Å². The molecule has 0 atom stereocenters. The number of fused-ring (bicyclic) bond motifs is 1. The van der Waals surface area contributed by atoms with Gasteiger partial charge in [0.05, 0.1) is 10.2 Å². The summed E-state index contributed by atoms with van der Waals surface area (Å²) < 4.78 is 1.98. The van der Waals surface area contributed by atoms with Gasteiger partial charge >= 0.3 is 5.97 Å². The number of rotatable bonds is 5. The maximum Gasteiger partial charge on any atom is 0.328 e. The van der Waals surface area contributed by atoms with Crippen molar-refractivity contribution in [3.05, 3.63) is 30.4 Å². The first kappa shape index (κ1) is 15.5. The van der Waals surface area contributed by atoms with Gasteiger partial charge in [0.15, 0.2) is 4.34 Å². The minimum absolute atomic E-state index is 0.464. The number of hydrogen-bond acceptors (Lipinski definition) is 5. The number of aliphatic carboxylic acids is 1. The van der Waals surface area contributed by atoms with E-state index in [4.69, 9.17) is 5.11 Å². The molecule has 0 spiro atoms. The van der Waals surface area contributed by atoms with Crippen molar-refractivity contribution in [2.75, 3.05) is 5.32 Å². The number of anilines is 1. The van der Waals surface area contributed by atoms with Gasteiger partial charge in [0.2, 0.25) is 5.91 Å². The van der Waals surface area contributed by atoms with Crippen LogP contribution in [0.2, 0.25) is 0 Å². The van der Waals surface area contributed by atoms with E-state index < -0.39 is 11.9 Å². The maximum absolute atomic E-state index is 11.5. The number of nitrogens with zero attached hydrogens (tertiary/aromatic N) is 1. The van der Waals surface area contributed by atoms with Crippen molar-refractivity contribution in [1.29, 1.82) is 0 Å². The van der Waals surface area contributed by atoms with E-state index in [1.807, 2.05) is 12.1 Å². The summed E-state index contributed by atoms with van der Waals surface area (Å²) in [5.74, 6) is -1.63. The number of carboxylic acid groups (broad SMARTS) is 1. The maximum atomic E-state index is 11.5. The van der Waals surface area contributed by atoms with Gasteiger partial charge < -0.3 is 10.4 Å². The summed E-state index contributed by atoms with van der Waals surface area (Å²) in [6.45, 7) is 4.22. The standard InChI is InChI=1S/C14H14N2O3S2/c1-8(2)20-14-16-10-4-3-9(7-11(10)21-14)15-12(17)5-6-13(18)19/h3-8H,1-2H3,(H,15,17)(H,18,19)/b6-5-. The highest BCUT2D eigenvalue weighted by atomic mass is 32.2. The van der Waals surface area contributed by atoms with E-state index in [0.717, 1.165) is 26.7 Å². The Morgan fingerprint density at radius 3 is 2.81 bits per heavy atom. The Morgan fingerprint density at radius 2 is 2.14 bits per heavy atom. The Kier molecular flexibility index (Phi) is 4.98. The Labute approximate surface area is 130 Å². The molecular weight excluding hydrogens is 308 g/mol. The molecule has 2 N–H and O–H groups in total. The minimum atomic E-state index is -1.15. The van der Waals surface area contributed by atoms with Crippen LogP contribution in [0.25, 0.3) is 10.2 Å². The predicted octanol–water partition coefficient (Wildman–Crippen LogP) is 3.38. The molecule has 1 aromatic heterocycles. The van der Waals surface area contributed by atoms with Gasteiger partial charge in [-0.2, -0.15) is 0 Å². The second-order valence-corrected chi connectivity index (χ2v) is 7.34. The first-order chi connectivity index (χ1) is 9.94. The first-order valence-corrected chi connectivity index (χ1v) is 7.93. The lowest BCUT2D eigenvalue weighted by molar-refractivity contribution is -0.131. The molecule has 0 aliphatic carbocycles. The van der Waals surface area contributed by atoms with Gasteiger partial charge in [0.25, 0.3) is 0 Å². The fraction of sp³-hybridized carbons (Fsp3) is 0.214. The third-order valence-corrected chi connectivity index (χ3v) is 4.47. The zero-order valence-corrected chi connectivity index (χ0v) is 13.1.